The average molecular weight is 2650 g/mol. The minimum atomic E-state index is -4.36. The fourth-order valence-electron chi connectivity index (χ4n) is 8.36. The number of aromatic nitrogens is 12. The quantitative estimate of drug-likeness (QED) is 0.0111. The lowest BCUT2D eigenvalue weighted by molar-refractivity contribution is 0.233. The molecule has 12 rings (SSSR count). The molecule has 6 heterocycles. The summed E-state index contributed by atoms with van der Waals surface area (Å²) >= 11 is 16.9. The molecule has 0 saturated heterocycles. The summed E-state index contributed by atoms with van der Waals surface area (Å²) in [5.41, 5.74) is 5.70. The van der Waals surface area contributed by atoms with Gasteiger partial charge >= 0.3 is 0 Å². The zero-order valence-electron chi connectivity index (χ0n) is 97.0. The number of rotatable bonds is 42. The second kappa shape index (κ2) is 60.3. The summed E-state index contributed by atoms with van der Waals surface area (Å²) in [6.07, 6.45) is 0. The van der Waals surface area contributed by atoms with E-state index in [0.717, 1.165) is 18.2 Å². The second-order valence-corrected chi connectivity index (χ2v) is 37.5. The second-order valence-electron chi connectivity index (χ2n) is 24.6. The highest BCUT2D eigenvalue weighted by atomic mass is 79.9. The Morgan fingerprint density at radius 2 is 0.527 bits per heavy atom. The van der Waals surface area contributed by atoms with Gasteiger partial charge in [-0.25, -0.2) is 143 Å². The first-order valence-electron chi connectivity index (χ1n) is 49.9. The third-order valence-electron chi connectivity index (χ3n) is 14.1. The molecule has 0 fully saturated rings. The number of aliphatic imine (C=N–C) groups is 6. The van der Waals surface area contributed by atoms with Crippen molar-refractivity contribution in [1.82, 2.24) is 123 Å². The molecule has 0 aliphatic carbocycles. The van der Waals surface area contributed by atoms with Gasteiger partial charge in [0.1, 0.15) is 34.9 Å². The van der Waals surface area contributed by atoms with E-state index >= 15 is 0 Å². The topological polar surface area (TPSA) is 1010 Å². The highest BCUT2D eigenvalue weighted by Crippen LogP contribution is 2.31. The molecule has 0 amide bonds. The minimum Gasteiger partial charge on any atom is -0.364 e. The van der Waals surface area contributed by atoms with Gasteiger partial charge < -0.3 is 31.9 Å². The monoisotopic (exact) mass is 2650 g/mol. The van der Waals surface area contributed by atoms with Gasteiger partial charge in [-0.3, -0.25) is 64.1 Å². The van der Waals surface area contributed by atoms with Crippen molar-refractivity contribution >= 4 is 261 Å². The first kappa shape index (κ1) is 90.0. The van der Waals surface area contributed by atoms with Crippen molar-refractivity contribution in [2.45, 2.75) is 0 Å². The predicted molar refractivity (Wildman–Crippen MR) is 535 cm³/mol. The third-order valence-corrected chi connectivity index (χ3v) is 20.5. The van der Waals surface area contributed by atoms with E-state index in [-0.39, 0.29) is 88.2 Å². The lowest BCUT2D eigenvalue weighted by Gasteiger charge is -2.06. The molecule has 7 atom stereocenters. The summed E-state index contributed by atoms with van der Waals surface area (Å²) in [5, 5.41) is 140. The maximum Gasteiger partial charge on any atom is 0.274 e. The number of nitrogens with zero attached hydrogens (tertiary/aromatic N) is 18. The molecular weight excluding hydrogens is 2550 g/mol. The summed E-state index contributed by atoms with van der Waals surface area (Å²) in [7, 11) is -25.3. The molecule has 66 nitrogen and oxygen atoms in total. The van der Waals surface area contributed by atoms with E-state index in [4.69, 9.17) is 65.1 Å². The predicted octanol–water partition coefficient (Wildman–Crippen LogP) is 1.40. The van der Waals surface area contributed by atoms with Crippen molar-refractivity contribution in [2.24, 2.45) is 60.8 Å². The van der Waals surface area contributed by atoms with E-state index in [1.54, 1.807) is 51.8 Å². The molecule has 0 aliphatic rings. The van der Waals surface area contributed by atoms with Crippen molar-refractivity contribution in [1.29, 1.82) is 0 Å². The molecule has 0 bridgehead atoms. The number of anilines is 6. The standard InChI is InChI=1S/6C11H13BrFN7O4S/c6*12-7-5-6(1-2-8(7)13)17-11(18-21)9-10(20-24-19-9)15-3-4-16-25(14,22)23/h6*1-2,5,16,21H,3-4H2,(H,15,20)(H,17,18)(H2,14,22,23)/i1D,2D,3D,4D,5D;1D,3D,4D,5D;1D,2D,4D2,5D;1D,2D,3D2,5D;2D,3D,4D;1D,3D,5D. The highest BCUT2D eigenvalue weighted by Gasteiger charge is 2.25. The van der Waals surface area contributed by atoms with Crippen LogP contribution in [0.5, 0.6) is 0 Å². The van der Waals surface area contributed by atoms with Gasteiger partial charge in [0.15, 0.2) is 69.2 Å². The number of nitrogens with one attached hydrogen (secondary N) is 18. The molecule has 36 N–H and O–H groups in total. The maximum absolute atomic E-state index is 13.8. The Balaban J connectivity index is 0.000000281. The third kappa shape index (κ3) is 44.8. The highest BCUT2D eigenvalue weighted by molar-refractivity contribution is 9.11. The molecular formula is C66H78Br6F6N42O24S6. The number of hydroxylamine groups is 6. The lowest BCUT2D eigenvalue weighted by atomic mass is 10.3. The number of hydrogen-bond donors (Lipinski definition) is 30. The summed E-state index contributed by atoms with van der Waals surface area (Å²) in [4.78, 5) is 23.0. The molecule has 0 radical (unpaired) electrons. The lowest BCUT2D eigenvalue weighted by Crippen LogP contribution is -2.34. The van der Waals surface area contributed by atoms with Crippen molar-refractivity contribution in [3.63, 3.8) is 0 Å². The normalized spacial score (nSPS) is 16.3. The average Bonchev–Trinajstić information content (AvgIpc) is 1.76. The van der Waals surface area contributed by atoms with Gasteiger partial charge in [0.05, 0.1) is 88.4 Å². The van der Waals surface area contributed by atoms with Gasteiger partial charge in [0, 0.05) is 85.1 Å². The van der Waals surface area contributed by atoms with E-state index in [1.165, 1.54) is 10.8 Å². The van der Waals surface area contributed by atoms with Gasteiger partial charge in [0.25, 0.3) is 61.3 Å². The maximum atomic E-state index is 13.8. The zero-order valence-corrected chi connectivity index (χ0v) is 86.4. The first-order valence-corrected chi connectivity index (χ1v) is 50.8. The van der Waals surface area contributed by atoms with E-state index in [9.17, 15) is 108 Å². The van der Waals surface area contributed by atoms with Gasteiger partial charge in [0.2, 0.25) is 34.9 Å². The number of benzene rings is 6. The van der Waals surface area contributed by atoms with Crippen LogP contribution in [0.3, 0.4) is 0 Å². The van der Waals surface area contributed by atoms with Crippen molar-refractivity contribution in [2.75, 3.05) is 110 Å². The molecule has 7 unspecified atom stereocenters. The Kier molecular flexibility index (Phi) is 36.2. The molecule has 6 aromatic heterocycles. The molecule has 0 spiro atoms. The van der Waals surface area contributed by atoms with Crippen LogP contribution in [-0.2, 0) is 61.3 Å². The number of nitrogens with two attached hydrogens (primary N) is 6. The van der Waals surface area contributed by atoms with Crippen LogP contribution in [0.1, 0.15) is 68.4 Å². The van der Waals surface area contributed by atoms with Crippen molar-refractivity contribution < 1.29 is 170 Å². The number of halogens is 12. The van der Waals surface area contributed by atoms with Gasteiger partial charge in [-0.2, -0.15) is 50.5 Å². The smallest absolute Gasteiger partial charge is 0.274 e. The Labute approximate surface area is 924 Å². The van der Waals surface area contributed by atoms with Crippen LogP contribution in [0.2, 0.25) is 0 Å². The fourth-order valence-corrected chi connectivity index (χ4v) is 11.8. The molecule has 84 heteroatoms. The molecule has 6 aromatic carbocycles. The van der Waals surface area contributed by atoms with Crippen molar-refractivity contribution in [3.05, 3.63) is 205 Å². The van der Waals surface area contributed by atoms with E-state index < -0.39 is 336 Å². The van der Waals surface area contributed by atoms with Gasteiger partial charge in [-0.05, 0) is 266 Å². The molecule has 0 aliphatic heterocycles. The van der Waals surface area contributed by atoms with Crippen molar-refractivity contribution in [3.8, 4) is 0 Å². The van der Waals surface area contributed by atoms with Gasteiger partial charge in [-0.1, -0.05) is 0 Å². The molecule has 0 saturated carbocycles. The van der Waals surface area contributed by atoms with Crippen LogP contribution in [0, 0.1) is 34.9 Å². The zero-order chi connectivity index (χ0) is 133. The first-order chi connectivity index (χ1) is 80.9. The largest absolute Gasteiger partial charge is 0.364 e. The number of amidine groups is 6. The molecule has 816 valence electrons. The Morgan fingerprint density at radius 1 is 0.280 bits per heavy atom. The van der Waals surface area contributed by atoms with E-state index in [1.807, 2.05) is 4.72 Å². The summed E-state index contributed by atoms with van der Waals surface area (Å²) in [5.74, 6) is -10.9. The Morgan fingerprint density at radius 3 is 0.807 bits per heavy atom. The van der Waals surface area contributed by atoms with E-state index in [2.05, 4.69) is 247 Å². The molecule has 150 heavy (non-hydrogen) atoms. The van der Waals surface area contributed by atoms with Gasteiger partial charge in [-0.15, -0.1) is 0 Å². The van der Waals surface area contributed by atoms with Crippen LogP contribution in [-0.4, -0.2) is 257 Å². The van der Waals surface area contributed by atoms with Crippen LogP contribution >= 0.6 is 95.6 Å². The summed E-state index contributed by atoms with van der Waals surface area (Å²) < 4.78 is 441. The number of hydrogen-bond acceptors (Lipinski definition) is 48. The molecule has 12 aromatic rings. The van der Waals surface area contributed by atoms with Crippen LogP contribution in [0.25, 0.3) is 0 Å². The summed E-state index contributed by atoms with van der Waals surface area (Å²) in [6, 6.07) is -5.10. The van der Waals surface area contributed by atoms with Crippen LogP contribution < -0.4 is 124 Å². The fraction of sp³-hybridized carbons (Fsp3) is 0.182. The summed E-state index contributed by atoms with van der Waals surface area (Å²) in [6.45, 7) is -18.4. The Hall–Kier alpha value is -12.8. The SMILES string of the molecule is [2H]c1c([2H])c(N=C(NO)c2nonc2NC([2H])([2H])CNS(N)(=O)=O)c([2H])c(Br)c1F.[2H]c1c([2H])c(N=C(NO)c2nonc2NC([2H])C([2H])NS(N)(=O)=O)c([2H])c(Br)c1F.[2H]c1c([2H])c(N=C(NO)c2nonc2NCC([2H])([2H])NS(N)(=O)=O)c([2H])c(Br)c1F.[2H]c1cc(F)c(Br)c([2H])c1N=C(NO)c1nonc1NC([2H])C([2H])NS(N)(=O)=O.[2H]c1cc(F)c(Br)c([2H])c1N=C(NO)c1nonc1NC([2H])CNS(N)(=O)=O.[2H]c1cc(N=C(NO)c2nonc2NC([2H])C([2H])NS(N)(=O)=O)cc(Br)c1F. The minimum absolute atomic E-state index is 0.0370. The van der Waals surface area contributed by atoms with Crippen LogP contribution in [0.4, 0.5) is 95.4 Å². The van der Waals surface area contributed by atoms with E-state index in [0.29, 0.717) is 0 Å². The Bertz CT molecular complexity index is 8790. The van der Waals surface area contributed by atoms with Crippen LogP contribution in [0.15, 0.2) is 193 Å².